The molecule has 0 amide bonds. The van der Waals surface area contributed by atoms with Crippen molar-refractivity contribution in [2.75, 3.05) is 4.90 Å². The molecule has 3 unspecified atom stereocenters. The van der Waals surface area contributed by atoms with Gasteiger partial charge in [0.15, 0.2) is 0 Å². The van der Waals surface area contributed by atoms with E-state index >= 15 is 0 Å². The second-order valence-corrected chi connectivity index (χ2v) is 7.37. The maximum atomic E-state index is 2.68. The number of aryl methyl sites for hydroxylation is 1. The number of fused-ring (bicyclic) bond motifs is 3. The zero-order chi connectivity index (χ0) is 15.3. The van der Waals surface area contributed by atoms with Crippen molar-refractivity contribution in [3.63, 3.8) is 0 Å². The van der Waals surface area contributed by atoms with E-state index in [4.69, 9.17) is 0 Å². The van der Waals surface area contributed by atoms with Crippen LogP contribution in [0.5, 0.6) is 0 Å². The molecule has 0 radical (unpaired) electrons. The van der Waals surface area contributed by atoms with Crippen molar-refractivity contribution in [2.45, 2.75) is 57.5 Å². The first-order valence-corrected chi connectivity index (χ1v) is 8.52. The maximum Gasteiger partial charge on any atom is 0.0612 e. The molecule has 1 aromatic carbocycles. The summed E-state index contributed by atoms with van der Waals surface area (Å²) in [5.74, 6) is 0. The monoisotopic (exact) mass is 291 g/mol. The number of hydrogen-bond donors (Lipinski definition) is 0. The van der Waals surface area contributed by atoms with Crippen LogP contribution >= 0.6 is 0 Å². The van der Waals surface area contributed by atoms with Crippen molar-refractivity contribution >= 4 is 5.69 Å². The van der Waals surface area contributed by atoms with E-state index in [0.29, 0.717) is 12.1 Å². The lowest BCUT2D eigenvalue weighted by Gasteiger charge is -2.39. The third-order valence-corrected chi connectivity index (χ3v) is 5.68. The van der Waals surface area contributed by atoms with Crippen LogP contribution in [-0.4, -0.2) is 12.1 Å². The van der Waals surface area contributed by atoms with E-state index in [1.807, 2.05) is 0 Å². The topological polar surface area (TPSA) is 3.24 Å². The molecule has 3 atom stereocenters. The van der Waals surface area contributed by atoms with Crippen molar-refractivity contribution in [2.24, 2.45) is 0 Å². The molecule has 114 valence electrons. The number of nitrogens with zero attached hydrogens (tertiary/aromatic N) is 1. The molecule has 1 aromatic rings. The molecule has 3 aliphatic rings. The van der Waals surface area contributed by atoms with E-state index in [9.17, 15) is 0 Å². The lowest BCUT2D eigenvalue weighted by Crippen LogP contribution is -2.46. The minimum atomic E-state index is 0.106. The number of rotatable bonds is 1. The normalized spacial score (nSPS) is 32.7. The molecule has 0 fully saturated rings. The molecule has 0 bridgehead atoms. The van der Waals surface area contributed by atoms with Gasteiger partial charge in [0.2, 0.25) is 0 Å². The van der Waals surface area contributed by atoms with Crippen molar-refractivity contribution in [3.8, 4) is 0 Å². The van der Waals surface area contributed by atoms with Gasteiger partial charge in [0.05, 0.1) is 6.04 Å². The molecule has 2 aliphatic carbocycles. The van der Waals surface area contributed by atoms with E-state index < -0.39 is 0 Å². The van der Waals surface area contributed by atoms with Crippen molar-refractivity contribution < 1.29 is 0 Å². The quantitative estimate of drug-likeness (QED) is 0.653. The summed E-state index contributed by atoms with van der Waals surface area (Å²) in [6, 6.07) is 7.98. The van der Waals surface area contributed by atoms with Crippen LogP contribution in [0.15, 0.2) is 54.2 Å². The summed E-state index contributed by atoms with van der Waals surface area (Å²) in [4.78, 5) is 2.68. The zero-order valence-electron chi connectivity index (χ0n) is 13.8. The molecule has 0 aromatic heterocycles. The van der Waals surface area contributed by atoms with Crippen LogP contribution in [-0.2, 0) is 5.41 Å². The van der Waals surface area contributed by atoms with Gasteiger partial charge in [0, 0.05) is 17.1 Å². The molecule has 1 heteroatoms. The van der Waals surface area contributed by atoms with Gasteiger partial charge < -0.3 is 4.90 Å². The Kier molecular flexibility index (Phi) is 3.07. The van der Waals surface area contributed by atoms with E-state index in [-0.39, 0.29) is 5.41 Å². The third-order valence-electron chi connectivity index (χ3n) is 5.68. The van der Waals surface area contributed by atoms with Crippen LogP contribution < -0.4 is 4.90 Å². The first-order chi connectivity index (χ1) is 10.6. The van der Waals surface area contributed by atoms with Gasteiger partial charge in [-0.1, -0.05) is 53.6 Å². The fourth-order valence-corrected chi connectivity index (χ4v) is 4.50. The van der Waals surface area contributed by atoms with Gasteiger partial charge in [-0.25, -0.2) is 0 Å². The summed E-state index contributed by atoms with van der Waals surface area (Å²) >= 11 is 0. The standard InChI is InChI=1S/C21H25N/c1-15-7-6-8-17(13-15)22-19-11-10-16(2)14-18(19)21(3)12-5-4-9-20(21)22/h4-5,9-14,17,20H,6-8H2,1-3H3. The van der Waals surface area contributed by atoms with Gasteiger partial charge in [0.25, 0.3) is 0 Å². The zero-order valence-corrected chi connectivity index (χ0v) is 13.8. The molecular weight excluding hydrogens is 266 g/mol. The van der Waals surface area contributed by atoms with E-state index in [0.717, 1.165) is 0 Å². The SMILES string of the molecule is CC1=CC(N2c3ccc(C)cc3C3(C)C=CC=CC23)CCC1. The van der Waals surface area contributed by atoms with E-state index in [2.05, 4.69) is 74.3 Å². The highest BCUT2D eigenvalue weighted by atomic mass is 15.2. The van der Waals surface area contributed by atoms with Crippen LogP contribution in [0.25, 0.3) is 0 Å². The minimum absolute atomic E-state index is 0.106. The second-order valence-electron chi connectivity index (χ2n) is 7.37. The van der Waals surface area contributed by atoms with Crippen molar-refractivity contribution in [3.05, 3.63) is 65.3 Å². The lowest BCUT2D eigenvalue weighted by atomic mass is 9.75. The molecule has 0 spiro atoms. The average Bonchev–Trinajstić information content (AvgIpc) is 2.76. The van der Waals surface area contributed by atoms with Gasteiger partial charge in [-0.15, -0.1) is 0 Å². The van der Waals surface area contributed by atoms with Crippen molar-refractivity contribution in [1.29, 1.82) is 0 Å². The van der Waals surface area contributed by atoms with Crippen LogP contribution in [0.1, 0.15) is 44.2 Å². The molecule has 0 saturated heterocycles. The first kappa shape index (κ1) is 13.9. The molecule has 1 heterocycles. The predicted molar refractivity (Wildman–Crippen MR) is 94.5 cm³/mol. The number of anilines is 1. The number of allylic oxidation sites excluding steroid dienone is 3. The summed E-state index contributed by atoms with van der Waals surface area (Å²) in [6.45, 7) is 6.89. The Labute approximate surface area is 134 Å². The lowest BCUT2D eigenvalue weighted by molar-refractivity contribution is 0.477. The fourth-order valence-electron chi connectivity index (χ4n) is 4.50. The largest absolute Gasteiger partial charge is 0.357 e. The smallest absolute Gasteiger partial charge is 0.0612 e. The van der Waals surface area contributed by atoms with Gasteiger partial charge >= 0.3 is 0 Å². The Balaban J connectivity index is 1.87. The summed E-state index contributed by atoms with van der Waals surface area (Å²) in [6.07, 6.45) is 15.6. The van der Waals surface area contributed by atoms with Gasteiger partial charge in [-0.05, 0) is 51.7 Å². The van der Waals surface area contributed by atoms with Crippen LogP contribution in [0.4, 0.5) is 5.69 Å². The van der Waals surface area contributed by atoms with E-state index in [1.165, 1.54) is 36.1 Å². The second kappa shape index (κ2) is 4.87. The van der Waals surface area contributed by atoms with Gasteiger partial charge in [-0.2, -0.15) is 0 Å². The summed E-state index contributed by atoms with van der Waals surface area (Å²) in [7, 11) is 0. The summed E-state index contributed by atoms with van der Waals surface area (Å²) in [5, 5.41) is 0. The molecule has 1 aliphatic heterocycles. The van der Waals surface area contributed by atoms with Gasteiger partial charge in [-0.3, -0.25) is 0 Å². The maximum absolute atomic E-state index is 2.68. The third kappa shape index (κ3) is 1.91. The summed E-state index contributed by atoms with van der Waals surface area (Å²) < 4.78 is 0. The van der Waals surface area contributed by atoms with Gasteiger partial charge in [0.1, 0.15) is 0 Å². The Morgan fingerprint density at radius 3 is 2.86 bits per heavy atom. The highest BCUT2D eigenvalue weighted by Crippen LogP contribution is 2.50. The first-order valence-electron chi connectivity index (χ1n) is 8.52. The minimum Gasteiger partial charge on any atom is -0.357 e. The molecular formula is C21H25N. The van der Waals surface area contributed by atoms with Crippen molar-refractivity contribution in [1.82, 2.24) is 0 Å². The highest BCUT2D eigenvalue weighted by molar-refractivity contribution is 5.70. The average molecular weight is 291 g/mol. The van der Waals surface area contributed by atoms with Crippen LogP contribution in [0.2, 0.25) is 0 Å². The predicted octanol–water partition coefficient (Wildman–Crippen LogP) is 5.07. The highest BCUT2D eigenvalue weighted by Gasteiger charge is 2.47. The molecule has 4 rings (SSSR count). The van der Waals surface area contributed by atoms with Crippen LogP contribution in [0.3, 0.4) is 0 Å². The molecule has 0 N–H and O–H groups in total. The number of hydrogen-bond acceptors (Lipinski definition) is 1. The Morgan fingerprint density at radius 2 is 2.05 bits per heavy atom. The molecule has 0 saturated carbocycles. The van der Waals surface area contributed by atoms with Crippen LogP contribution in [0, 0.1) is 6.92 Å². The Bertz CT molecular complexity index is 694. The number of benzene rings is 1. The molecule has 22 heavy (non-hydrogen) atoms. The Hall–Kier alpha value is -1.76. The fraction of sp³-hybridized carbons (Fsp3) is 0.429. The molecule has 1 nitrogen and oxygen atoms in total. The summed E-state index contributed by atoms with van der Waals surface area (Å²) in [5.41, 5.74) is 5.95. The Morgan fingerprint density at radius 1 is 1.18 bits per heavy atom. The van der Waals surface area contributed by atoms with E-state index in [1.54, 1.807) is 5.57 Å².